The minimum atomic E-state index is -4.48. The number of hydrogen-bond acceptors (Lipinski definition) is 9. The Morgan fingerprint density at radius 3 is 2.55 bits per heavy atom. The van der Waals surface area contributed by atoms with Gasteiger partial charge in [0.15, 0.2) is 0 Å². The number of carboxylic acid groups (broad SMARTS) is 1. The van der Waals surface area contributed by atoms with Crippen molar-refractivity contribution in [1.82, 2.24) is 14.7 Å². The van der Waals surface area contributed by atoms with Gasteiger partial charge in [0.05, 0.1) is 25.9 Å². The number of benzene rings is 1. The summed E-state index contributed by atoms with van der Waals surface area (Å²) in [4.78, 5) is 30.8. The Labute approximate surface area is 164 Å². The first kappa shape index (κ1) is 20.4. The number of aromatic carboxylic acids is 1. The van der Waals surface area contributed by atoms with E-state index in [9.17, 15) is 18.0 Å². The third-order valence-electron chi connectivity index (χ3n) is 3.65. The van der Waals surface area contributed by atoms with Crippen LogP contribution < -0.4 is 14.8 Å². The van der Waals surface area contributed by atoms with Gasteiger partial charge >= 0.3 is 12.0 Å². The van der Waals surface area contributed by atoms with Crippen molar-refractivity contribution in [3.8, 4) is 5.88 Å². The van der Waals surface area contributed by atoms with E-state index in [2.05, 4.69) is 15.3 Å². The lowest BCUT2D eigenvalue weighted by Crippen LogP contribution is -2.35. The Bertz CT molecular complexity index is 1040. The van der Waals surface area contributed by atoms with Crippen molar-refractivity contribution in [3.05, 3.63) is 41.6 Å². The van der Waals surface area contributed by atoms with E-state index in [1.165, 1.54) is 25.3 Å². The van der Waals surface area contributed by atoms with Gasteiger partial charge in [-0.3, -0.25) is 5.32 Å². The lowest BCUT2D eigenvalue weighted by molar-refractivity contribution is -0.0474. The molecule has 0 atom stereocenters. The Kier molecular flexibility index (Phi) is 5.91. The molecule has 1 aromatic carbocycles. The maximum Gasteiger partial charge on any atom is 0.337 e. The molecule has 0 unspecified atom stereocenters. The number of ether oxygens (including phenoxy) is 3. The second-order valence-corrected chi connectivity index (χ2v) is 7.24. The lowest BCUT2D eigenvalue weighted by Gasteiger charge is -2.13. The zero-order chi connectivity index (χ0) is 21.0. The normalized spacial score (nSPS) is 14.4. The molecule has 2 aromatic rings. The van der Waals surface area contributed by atoms with Crippen LogP contribution in [0.3, 0.4) is 0 Å². The molecule has 1 aliphatic heterocycles. The largest absolute Gasteiger partial charge is 0.481 e. The van der Waals surface area contributed by atoms with Crippen LogP contribution in [-0.4, -0.2) is 55.8 Å². The SMILES string of the molecule is COc1cc(C2OCCO2)nc(NC(=O)NS(=O)(=O)c2ccccc2C(=O)O)n1. The number of urea groups is 1. The lowest BCUT2D eigenvalue weighted by atomic mass is 10.2. The van der Waals surface area contributed by atoms with Crippen LogP contribution in [-0.2, 0) is 19.5 Å². The average molecular weight is 424 g/mol. The van der Waals surface area contributed by atoms with E-state index in [4.69, 9.17) is 19.3 Å². The maximum atomic E-state index is 12.4. The summed E-state index contributed by atoms with van der Waals surface area (Å²) in [6.45, 7) is 0.725. The molecule has 0 bridgehead atoms. The van der Waals surface area contributed by atoms with E-state index >= 15 is 0 Å². The van der Waals surface area contributed by atoms with Gasteiger partial charge in [-0.2, -0.15) is 4.98 Å². The highest BCUT2D eigenvalue weighted by Crippen LogP contribution is 2.25. The molecule has 3 rings (SSSR count). The Balaban J connectivity index is 1.80. The van der Waals surface area contributed by atoms with Crippen LogP contribution in [0.1, 0.15) is 22.3 Å². The summed E-state index contributed by atoms with van der Waals surface area (Å²) in [5, 5.41) is 11.3. The second kappa shape index (κ2) is 8.38. The molecule has 1 fully saturated rings. The van der Waals surface area contributed by atoms with Crippen LogP contribution in [0.4, 0.5) is 10.7 Å². The highest BCUT2D eigenvalue weighted by Gasteiger charge is 2.25. The third kappa shape index (κ3) is 4.77. The van der Waals surface area contributed by atoms with E-state index in [0.29, 0.717) is 13.2 Å². The average Bonchev–Trinajstić information content (AvgIpc) is 3.22. The number of nitrogens with zero attached hydrogens (tertiary/aromatic N) is 2. The number of carboxylic acids is 1. The number of amides is 2. The molecule has 1 saturated heterocycles. The summed E-state index contributed by atoms with van der Waals surface area (Å²) in [6.07, 6.45) is -0.776. The summed E-state index contributed by atoms with van der Waals surface area (Å²) < 4.78 is 42.2. The zero-order valence-electron chi connectivity index (χ0n) is 15.0. The molecule has 1 aliphatic rings. The molecule has 2 amide bonds. The molecule has 1 aromatic heterocycles. The van der Waals surface area contributed by atoms with Crippen molar-refractivity contribution in [3.63, 3.8) is 0 Å². The van der Waals surface area contributed by atoms with Gasteiger partial charge < -0.3 is 19.3 Å². The molecule has 0 spiro atoms. The summed E-state index contributed by atoms with van der Waals surface area (Å²) >= 11 is 0. The van der Waals surface area contributed by atoms with Crippen LogP contribution in [0.25, 0.3) is 0 Å². The van der Waals surface area contributed by atoms with Crippen LogP contribution in [0, 0.1) is 0 Å². The Morgan fingerprint density at radius 2 is 1.90 bits per heavy atom. The molecule has 13 heteroatoms. The second-order valence-electron chi connectivity index (χ2n) is 5.59. The predicted molar refractivity (Wildman–Crippen MR) is 96.0 cm³/mol. The monoisotopic (exact) mass is 424 g/mol. The zero-order valence-corrected chi connectivity index (χ0v) is 15.8. The van der Waals surface area contributed by atoms with Crippen molar-refractivity contribution >= 4 is 28.0 Å². The molecular formula is C16H16N4O8S. The first-order chi connectivity index (χ1) is 13.8. The molecule has 12 nitrogen and oxygen atoms in total. The quantitative estimate of drug-likeness (QED) is 0.602. The van der Waals surface area contributed by atoms with E-state index in [1.807, 2.05) is 0 Å². The Hall–Kier alpha value is -3.29. The van der Waals surface area contributed by atoms with Crippen molar-refractivity contribution in [2.24, 2.45) is 0 Å². The predicted octanol–water partition coefficient (Wildman–Crippen LogP) is 0.739. The molecule has 0 saturated carbocycles. The van der Waals surface area contributed by atoms with Crippen LogP contribution in [0.2, 0.25) is 0 Å². The van der Waals surface area contributed by atoms with E-state index in [-0.39, 0.29) is 17.5 Å². The first-order valence-electron chi connectivity index (χ1n) is 8.12. The summed E-state index contributed by atoms with van der Waals surface area (Å²) in [5.74, 6) is -1.63. The maximum absolute atomic E-state index is 12.4. The fraction of sp³-hybridized carbons (Fsp3) is 0.250. The number of nitrogens with one attached hydrogen (secondary N) is 2. The van der Waals surface area contributed by atoms with Crippen LogP contribution in [0.15, 0.2) is 35.2 Å². The van der Waals surface area contributed by atoms with Gasteiger partial charge in [0.2, 0.25) is 18.1 Å². The van der Waals surface area contributed by atoms with Gasteiger partial charge in [0.25, 0.3) is 10.0 Å². The fourth-order valence-electron chi connectivity index (χ4n) is 2.43. The number of carbonyl (C=O) groups is 2. The number of hydrogen-bond donors (Lipinski definition) is 3. The number of methoxy groups -OCH3 is 1. The van der Waals surface area contributed by atoms with E-state index in [0.717, 1.165) is 12.1 Å². The van der Waals surface area contributed by atoms with E-state index < -0.39 is 38.8 Å². The molecule has 29 heavy (non-hydrogen) atoms. The van der Waals surface area contributed by atoms with Gasteiger partial charge in [-0.15, -0.1) is 0 Å². The van der Waals surface area contributed by atoms with Crippen LogP contribution >= 0.6 is 0 Å². The number of anilines is 1. The molecule has 3 N–H and O–H groups in total. The standard InChI is InChI=1S/C16H16N4O8S/c1-26-12-8-10(14-27-6-7-28-14)17-15(18-12)19-16(23)20-29(24,25)11-5-3-2-4-9(11)13(21)22/h2-5,8,14H,6-7H2,1H3,(H,21,22)(H2,17,18,19,20,23). The summed E-state index contributed by atoms with van der Waals surface area (Å²) in [5.41, 5.74) is -0.216. The van der Waals surface area contributed by atoms with Gasteiger partial charge in [-0.05, 0) is 12.1 Å². The number of aromatic nitrogens is 2. The number of sulfonamides is 1. The minimum Gasteiger partial charge on any atom is -0.481 e. The molecule has 0 aliphatic carbocycles. The molecular weight excluding hydrogens is 408 g/mol. The summed E-state index contributed by atoms with van der Waals surface area (Å²) in [7, 11) is -3.13. The minimum absolute atomic E-state index is 0.0866. The van der Waals surface area contributed by atoms with Gasteiger partial charge in [0, 0.05) is 6.07 Å². The van der Waals surface area contributed by atoms with Crippen molar-refractivity contribution in [1.29, 1.82) is 0 Å². The Morgan fingerprint density at radius 1 is 1.21 bits per heavy atom. The molecule has 0 radical (unpaired) electrons. The van der Waals surface area contributed by atoms with Crippen molar-refractivity contribution in [2.45, 2.75) is 11.2 Å². The van der Waals surface area contributed by atoms with Gasteiger partial charge in [-0.25, -0.2) is 27.7 Å². The number of carbonyl (C=O) groups excluding carboxylic acids is 1. The van der Waals surface area contributed by atoms with Crippen molar-refractivity contribution < 1.29 is 37.3 Å². The van der Waals surface area contributed by atoms with Gasteiger partial charge in [-0.1, -0.05) is 12.1 Å². The smallest absolute Gasteiger partial charge is 0.337 e. The molecule has 2 heterocycles. The van der Waals surface area contributed by atoms with Crippen molar-refractivity contribution in [2.75, 3.05) is 25.6 Å². The molecule has 154 valence electrons. The highest BCUT2D eigenvalue weighted by atomic mass is 32.2. The fourth-order valence-corrected chi connectivity index (χ4v) is 3.54. The topological polar surface area (TPSA) is 166 Å². The van der Waals surface area contributed by atoms with Crippen LogP contribution in [0.5, 0.6) is 5.88 Å². The summed E-state index contributed by atoms with van der Waals surface area (Å²) in [6, 6.07) is 5.11. The highest BCUT2D eigenvalue weighted by molar-refractivity contribution is 7.90. The first-order valence-corrected chi connectivity index (χ1v) is 9.61. The number of rotatable bonds is 6. The van der Waals surface area contributed by atoms with Gasteiger partial charge in [0.1, 0.15) is 10.6 Å². The van der Waals surface area contributed by atoms with E-state index in [1.54, 1.807) is 4.72 Å². The third-order valence-corrected chi connectivity index (χ3v) is 5.04.